The Morgan fingerprint density at radius 1 is 1.21 bits per heavy atom. The van der Waals surface area contributed by atoms with Crippen LogP contribution < -0.4 is 5.73 Å². The Morgan fingerprint density at radius 3 is 2.79 bits per heavy atom. The van der Waals surface area contributed by atoms with Crippen LogP contribution in [-0.2, 0) is 0 Å². The minimum atomic E-state index is 0.228. The summed E-state index contributed by atoms with van der Waals surface area (Å²) in [7, 11) is 0. The predicted octanol–water partition coefficient (Wildman–Crippen LogP) is 2.04. The number of hydrogen-bond acceptors (Lipinski definition) is 3. The molecular formula is C11H10N2O. The van der Waals surface area contributed by atoms with Crippen molar-refractivity contribution >= 4 is 5.69 Å². The monoisotopic (exact) mass is 186 g/mol. The average Bonchev–Trinajstić information content (AvgIpc) is 2.18. The van der Waals surface area contributed by atoms with Gasteiger partial charge in [0.1, 0.15) is 5.75 Å². The summed E-state index contributed by atoms with van der Waals surface area (Å²) in [6, 6.07) is 8.67. The van der Waals surface area contributed by atoms with Crippen molar-refractivity contribution in [2.24, 2.45) is 0 Å². The van der Waals surface area contributed by atoms with Gasteiger partial charge in [-0.3, -0.25) is 4.98 Å². The van der Waals surface area contributed by atoms with E-state index in [9.17, 15) is 5.11 Å². The molecule has 0 unspecified atom stereocenters. The minimum absolute atomic E-state index is 0.228. The number of pyridine rings is 1. The highest BCUT2D eigenvalue weighted by Gasteiger charge is 2.02. The van der Waals surface area contributed by atoms with Crippen molar-refractivity contribution in [3.63, 3.8) is 0 Å². The third-order valence-corrected chi connectivity index (χ3v) is 2.01. The zero-order valence-electron chi connectivity index (χ0n) is 7.51. The fourth-order valence-electron chi connectivity index (χ4n) is 1.32. The highest BCUT2D eigenvalue weighted by atomic mass is 16.3. The van der Waals surface area contributed by atoms with Crippen molar-refractivity contribution in [1.82, 2.24) is 4.98 Å². The van der Waals surface area contributed by atoms with Crippen molar-refractivity contribution in [3.8, 4) is 16.9 Å². The number of phenols is 1. The van der Waals surface area contributed by atoms with Gasteiger partial charge in [-0.25, -0.2) is 0 Å². The molecule has 0 saturated heterocycles. The molecular weight excluding hydrogens is 176 g/mol. The smallest absolute Gasteiger partial charge is 0.116 e. The Balaban J connectivity index is 2.55. The van der Waals surface area contributed by atoms with Crippen LogP contribution in [0.25, 0.3) is 11.1 Å². The Kier molecular flexibility index (Phi) is 2.07. The predicted molar refractivity (Wildman–Crippen MR) is 55.8 cm³/mol. The van der Waals surface area contributed by atoms with Gasteiger partial charge in [-0.05, 0) is 23.8 Å². The summed E-state index contributed by atoms with van der Waals surface area (Å²) in [5.41, 5.74) is 8.15. The Hall–Kier alpha value is -2.03. The normalized spacial score (nSPS) is 10.0. The van der Waals surface area contributed by atoms with Crippen LogP contribution in [-0.4, -0.2) is 10.1 Å². The van der Waals surface area contributed by atoms with Gasteiger partial charge < -0.3 is 10.8 Å². The Bertz CT molecular complexity index is 455. The van der Waals surface area contributed by atoms with Gasteiger partial charge >= 0.3 is 0 Å². The van der Waals surface area contributed by atoms with Gasteiger partial charge in [-0.15, -0.1) is 0 Å². The van der Waals surface area contributed by atoms with E-state index in [1.807, 2.05) is 6.07 Å². The van der Waals surface area contributed by atoms with Crippen LogP contribution in [0.15, 0.2) is 42.7 Å². The zero-order chi connectivity index (χ0) is 9.97. The number of benzene rings is 1. The van der Waals surface area contributed by atoms with Crippen LogP contribution in [0.1, 0.15) is 0 Å². The third-order valence-electron chi connectivity index (χ3n) is 2.01. The molecule has 0 spiro atoms. The van der Waals surface area contributed by atoms with E-state index in [1.54, 1.807) is 36.7 Å². The van der Waals surface area contributed by atoms with Gasteiger partial charge in [0.15, 0.2) is 0 Å². The summed E-state index contributed by atoms with van der Waals surface area (Å²) in [4.78, 5) is 3.99. The van der Waals surface area contributed by atoms with Crippen molar-refractivity contribution in [1.29, 1.82) is 0 Å². The topological polar surface area (TPSA) is 59.1 Å². The van der Waals surface area contributed by atoms with Gasteiger partial charge in [-0.2, -0.15) is 0 Å². The fraction of sp³-hybridized carbons (Fsp3) is 0. The van der Waals surface area contributed by atoms with E-state index in [0.29, 0.717) is 5.69 Å². The molecule has 0 aliphatic heterocycles. The number of nitrogen functional groups attached to an aromatic ring is 1. The molecule has 0 amide bonds. The number of hydrogen-bond donors (Lipinski definition) is 2. The molecule has 14 heavy (non-hydrogen) atoms. The van der Waals surface area contributed by atoms with Crippen LogP contribution in [0.2, 0.25) is 0 Å². The number of phenolic OH excluding ortho intramolecular Hbond substituents is 1. The molecule has 70 valence electrons. The van der Waals surface area contributed by atoms with E-state index < -0.39 is 0 Å². The van der Waals surface area contributed by atoms with Gasteiger partial charge in [0.05, 0.1) is 0 Å². The van der Waals surface area contributed by atoms with Crippen LogP contribution in [0, 0.1) is 0 Å². The molecule has 3 nitrogen and oxygen atoms in total. The van der Waals surface area contributed by atoms with Gasteiger partial charge in [-0.1, -0.05) is 12.1 Å². The van der Waals surface area contributed by atoms with Crippen LogP contribution in [0.4, 0.5) is 5.69 Å². The first kappa shape index (κ1) is 8.56. The number of rotatable bonds is 1. The molecule has 2 rings (SSSR count). The van der Waals surface area contributed by atoms with Crippen molar-refractivity contribution in [2.75, 3.05) is 5.73 Å². The van der Waals surface area contributed by atoms with Gasteiger partial charge in [0.25, 0.3) is 0 Å². The summed E-state index contributed by atoms with van der Waals surface area (Å²) in [6.07, 6.45) is 3.33. The summed E-state index contributed by atoms with van der Waals surface area (Å²) < 4.78 is 0. The number of anilines is 1. The van der Waals surface area contributed by atoms with E-state index in [1.165, 1.54) is 0 Å². The lowest BCUT2D eigenvalue weighted by Gasteiger charge is -2.04. The van der Waals surface area contributed by atoms with Gasteiger partial charge in [0.2, 0.25) is 0 Å². The third kappa shape index (κ3) is 1.52. The molecule has 0 saturated carbocycles. The maximum absolute atomic E-state index is 9.30. The van der Waals surface area contributed by atoms with Crippen LogP contribution in [0.5, 0.6) is 5.75 Å². The quantitative estimate of drug-likeness (QED) is 0.716. The van der Waals surface area contributed by atoms with Crippen molar-refractivity contribution in [2.45, 2.75) is 0 Å². The van der Waals surface area contributed by atoms with Crippen LogP contribution in [0.3, 0.4) is 0 Å². The molecule has 0 radical (unpaired) electrons. The minimum Gasteiger partial charge on any atom is -0.508 e. The molecule has 1 aromatic carbocycles. The molecule has 2 aromatic rings. The largest absolute Gasteiger partial charge is 0.508 e. The molecule has 3 heteroatoms. The molecule has 0 aliphatic carbocycles. The van der Waals surface area contributed by atoms with Crippen molar-refractivity contribution < 1.29 is 5.11 Å². The van der Waals surface area contributed by atoms with E-state index in [2.05, 4.69) is 4.98 Å². The molecule has 1 aromatic heterocycles. The highest BCUT2D eigenvalue weighted by molar-refractivity contribution is 5.75. The molecule has 0 bridgehead atoms. The van der Waals surface area contributed by atoms with Crippen molar-refractivity contribution in [3.05, 3.63) is 42.7 Å². The van der Waals surface area contributed by atoms with Gasteiger partial charge in [0, 0.05) is 23.6 Å². The fourth-order valence-corrected chi connectivity index (χ4v) is 1.32. The molecule has 0 aliphatic rings. The highest BCUT2D eigenvalue weighted by Crippen LogP contribution is 2.26. The second kappa shape index (κ2) is 3.38. The maximum atomic E-state index is 9.30. The number of aromatic hydroxyl groups is 1. The molecule has 1 heterocycles. The second-order valence-electron chi connectivity index (χ2n) is 3.01. The van der Waals surface area contributed by atoms with E-state index >= 15 is 0 Å². The zero-order valence-corrected chi connectivity index (χ0v) is 7.51. The Labute approximate surface area is 81.8 Å². The summed E-state index contributed by atoms with van der Waals surface area (Å²) in [6.45, 7) is 0. The number of aromatic nitrogens is 1. The first-order valence-electron chi connectivity index (χ1n) is 4.26. The molecule has 3 N–H and O–H groups in total. The molecule has 0 fully saturated rings. The molecule has 0 atom stereocenters. The number of nitrogens with two attached hydrogens (primary N) is 1. The standard InChI is InChI=1S/C11H10N2O/c12-11-4-5-13-7-10(11)8-2-1-3-9(14)6-8/h1-7,14H,(H2,12,13). The summed E-state index contributed by atoms with van der Waals surface area (Å²) in [5, 5.41) is 9.30. The lowest BCUT2D eigenvalue weighted by atomic mass is 10.1. The lowest BCUT2D eigenvalue weighted by Crippen LogP contribution is -1.90. The van der Waals surface area contributed by atoms with Crippen LogP contribution >= 0.6 is 0 Å². The maximum Gasteiger partial charge on any atom is 0.116 e. The average molecular weight is 186 g/mol. The Morgan fingerprint density at radius 2 is 2.07 bits per heavy atom. The summed E-state index contributed by atoms with van der Waals surface area (Å²) in [5.74, 6) is 0.228. The summed E-state index contributed by atoms with van der Waals surface area (Å²) >= 11 is 0. The van der Waals surface area contributed by atoms with E-state index in [0.717, 1.165) is 11.1 Å². The second-order valence-corrected chi connectivity index (χ2v) is 3.01. The lowest BCUT2D eigenvalue weighted by molar-refractivity contribution is 0.475. The SMILES string of the molecule is Nc1ccncc1-c1cccc(O)c1. The first-order valence-corrected chi connectivity index (χ1v) is 4.26. The number of nitrogens with zero attached hydrogens (tertiary/aromatic N) is 1. The first-order chi connectivity index (χ1) is 6.77. The van der Waals surface area contributed by atoms with E-state index in [4.69, 9.17) is 5.73 Å². The van der Waals surface area contributed by atoms with E-state index in [-0.39, 0.29) is 5.75 Å².